The number of hydrogen-bond acceptors (Lipinski definition) is 3. The summed E-state index contributed by atoms with van der Waals surface area (Å²) in [6.07, 6.45) is 12.0. The van der Waals surface area contributed by atoms with E-state index in [0.717, 1.165) is 25.8 Å². The van der Waals surface area contributed by atoms with E-state index in [0.29, 0.717) is 6.54 Å². The van der Waals surface area contributed by atoms with Gasteiger partial charge in [-0.3, -0.25) is 9.59 Å². The van der Waals surface area contributed by atoms with E-state index in [1.165, 1.54) is 0 Å². The van der Waals surface area contributed by atoms with Gasteiger partial charge in [0.1, 0.15) is 0 Å². The number of fused-ring (bicyclic) bond motifs is 2. The third-order valence-electron chi connectivity index (χ3n) is 4.79. The van der Waals surface area contributed by atoms with E-state index < -0.39 is 17.8 Å². The van der Waals surface area contributed by atoms with Crippen LogP contribution in [0.5, 0.6) is 0 Å². The van der Waals surface area contributed by atoms with E-state index >= 15 is 0 Å². The summed E-state index contributed by atoms with van der Waals surface area (Å²) < 4.78 is 1.96. The fraction of sp³-hybridized carbons (Fsp3) is 0.562. The van der Waals surface area contributed by atoms with Crippen molar-refractivity contribution >= 4 is 11.9 Å². The molecular weight excluding hydrogens is 282 g/mol. The Hall–Kier alpha value is -2.11. The second-order valence-corrected chi connectivity index (χ2v) is 6.12. The van der Waals surface area contributed by atoms with Gasteiger partial charge in [0.2, 0.25) is 5.91 Å². The molecule has 1 fully saturated rings. The van der Waals surface area contributed by atoms with E-state index in [-0.39, 0.29) is 17.7 Å². The summed E-state index contributed by atoms with van der Waals surface area (Å²) in [5, 5.41) is 12.4. The Morgan fingerprint density at radius 2 is 1.95 bits per heavy atom. The van der Waals surface area contributed by atoms with Crippen LogP contribution >= 0.6 is 0 Å². The molecule has 0 aliphatic heterocycles. The highest BCUT2D eigenvalue weighted by atomic mass is 16.4. The number of nitrogens with zero attached hydrogens (tertiary/aromatic N) is 2. The molecule has 0 spiro atoms. The third kappa shape index (κ3) is 2.91. The predicted molar refractivity (Wildman–Crippen MR) is 79.8 cm³/mol. The molecule has 1 aromatic rings. The molecule has 2 bridgehead atoms. The van der Waals surface area contributed by atoms with Gasteiger partial charge in [0.15, 0.2) is 0 Å². The van der Waals surface area contributed by atoms with Gasteiger partial charge in [-0.2, -0.15) is 0 Å². The first-order valence-electron chi connectivity index (χ1n) is 7.81. The number of imidazole rings is 1. The normalized spacial score (nSPS) is 29.5. The molecule has 22 heavy (non-hydrogen) atoms. The first kappa shape index (κ1) is 14.8. The van der Waals surface area contributed by atoms with Crippen molar-refractivity contribution in [2.24, 2.45) is 23.7 Å². The number of rotatable bonds is 6. The molecule has 1 heterocycles. The van der Waals surface area contributed by atoms with Crippen LogP contribution in [0.2, 0.25) is 0 Å². The van der Waals surface area contributed by atoms with Crippen LogP contribution in [-0.2, 0) is 16.1 Å². The summed E-state index contributed by atoms with van der Waals surface area (Å²) >= 11 is 0. The summed E-state index contributed by atoms with van der Waals surface area (Å²) in [4.78, 5) is 27.9. The van der Waals surface area contributed by atoms with Crippen LogP contribution in [0.4, 0.5) is 0 Å². The van der Waals surface area contributed by atoms with Crippen LogP contribution in [0.15, 0.2) is 30.9 Å². The summed E-state index contributed by atoms with van der Waals surface area (Å²) in [5.74, 6) is -1.88. The van der Waals surface area contributed by atoms with Crippen molar-refractivity contribution < 1.29 is 14.7 Å². The number of allylic oxidation sites excluding steroid dienone is 2. The van der Waals surface area contributed by atoms with Gasteiger partial charge in [0.05, 0.1) is 18.2 Å². The number of hydrogen-bond donors (Lipinski definition) is 2. The monoisotopic (exact) mass is 303 g/mol. The lowest BCUT2D eigenvalue weighted by molar-refractivity contribution is -0.152. The Morgan fingerprint density at radius 1 is 1.23 bits per heavy atom. The number of aryl methyl sites for hydroxylation is 1. The van der Waals surface area contributed by atoms with E-state index in [1.54, 1.807) is 12.5 Å². The predicted octanol–water partition coefficient (Wildman–Crippen LogP) is 1.30. The number of aromatic nitrogens is 2. The molecule has 0 unspecified atom stereocenters. The molecule has 2 N–H and O–H groups in total. The average Bonchev–Trinajstić information content (AvgIpc) is 3.04. The standard InChI is InChI=1S/C16H21N3O3/c20-15(18-6-1-8-19-9-7-17-10-19)13-11-2-4-12(5-3-11)14(13)16(21)22/h2,4,7,9-14H,1,3,5-6,8H2,(H,18,20)(H,21,22)/t11-,12-,13+,14+/m0/s1. The molecule has 4 atom stereocenters. The number of amides is 1. The van der Waals surface area contributed by atoms with Crippen LogP contribution in [0.25, 0.3) is 0 Å². The number of carboxylic acid groups (broad SMARTS) is 1. The highest BCUT2D eigenvalue weighted by molar-refractivity contribution is 5.86. The lowest BCUT2D eigenvalue weighted by atomic mass is 9.62. The van der Waals surface area contributed by atoms with Crippen LogP contribution < -0.4 is 5.32 Å². The lowest BCUT2D eigenvalue weighted by Gasteiger charge is -2.41. The fourth-order valence-corrected chi connectivity index (χ4v) is 3.70. The summed E-state index contributed by atoms with van der Waals surface area (Å²) in [6.45, 7) is 1.35. The molecule has 1 aromatic heterocycles. The maximum absolute atomic E-state index is 12.4. The Balaban J connectivity index is 1.54. The van der Waals surface area contributed by atoms with Crippen molar-refractivity contribution in [3.8, 4) is 0 Å². The van der Waals surface area contributed by atoms with Crippen molar-refractivity contribution in [1.29, 1.82) is 0 Å². The van der Waals surface area contributed by atoms with Crippen LogP contribution in [0.1, 0.15) is 19.3 Å². The SMILES string of the molecule is O=C(O)[C@H]1[C@H](C(=O)NCCCn2ccnc2)[C@H]2C=C[C@H]1CC2. The van der Waals surface area contributed by atoms with Crippen LogP contribution in [0.3, 0.4) is 0 Å². The van der Waals surface area contributed by atoms with Gasteiger partial charge in [-0.25, -0.2) is 4.98 Å². The van der Waals surface area contributed by atoms with Crippen LogP contribution in [-0.4, -0.2) is 33.1 Å². The Bertz CT molecular complexity index is 567. The summed E-state index contributed by atoms with van der Waals surface area (Å²) in [5.41, 5.74) is 0. The molecule has 6 nitrogen and oxygen atoms in total. The molecule has 6 heteroatoms. The van der Waals surface area contributed by atoms with Gasteiger partial charge in [0.25, 0.3) is 0 Å². The second-order valence-electron chi connectivity index (χ2n) is 6.12. The molecule has 0 aromatic carbocycles. The number of carbonyl (C=O) groups is 2. The Labute approximate surface area is 129 Å². The highest BCUT2D eigenvalue weighted by Gasteiger charge is 2.47. The second kappa shape index (κ2) is 6.34. The zero-order chi connectivity index (χ0) is 15.5. The van der Waals surface area contributed by atoms with Gasteiger partial charge in [0, 0.05) is 25.5 Å². The van der Waals surface area contributed by atoms with Crippen LogP contribution in [0, 0.1) is 23.7 Å². The van der Waals surface area contributed by atoms with E-state index in [9.17, 15) is 14.7 Å². The van der Waals surface area contributed by atoms with Crippen molar-refractivity contribution in [2.75, 3.05) is 6.54 Å². The van der Waals surface area contributed by atoms with Gasteiger partial charge in [-0.15, -0.1) is 0 Å². The minimum absolute atomic E-state index is 0.00389. The first-order valence-corrected chi connectivity index (χ1v) is 7.81. The fourth-order valence-electron chi connectivity index (χ4n) is 3.70. The zero-order valence-corrected chi connectivity index (χ0v) is 12.4. The smallest absolute Gasteiger partial charge is 0.307 e. The first-order chi connectivity index (χ1) is 10.7. The Kier molecular flexibility index (Phi) is 4.27. The molecule has 3 aliphatic rings. The zero-order valence-electron chi connectivity index (χ0n) is 12.4. The number of carboxylic acids is 1. The minimum Gasteiger partial charge on any atom is -0.481 e. The molecule has 118 valence electrons. The van der Waals surface area contributed by atoms with E-state index in [1.807, 2.05) is 22.9 Å². The Morgan fingerprint density at radius 3 is 2.55 bits per heavy atom. The van der Waals surface area contributed by atoms with Gasteiger partial charge in [-0.05, 0) is 31.1 Å². The maximum Gasteiger partial charge on any atom is 0.307 e. The molecule has 0 saturated heterocycles. The number of aliphatic carboxylic acids is 1. The summed E-state index contributed by atoms with van der Waals surface area (Å²) in [6, 6.07) is 0. The maximum atomic E-state index is 12.4. The van der Waals surface area contributed by atoms with E-state index in [4.69, 9.17) is 0 Å². The van der Waals surface area contributed by atoms with Gasteiger partial charge < -0.3 is 15.0 Å². The number of carbonyl (C=O) groups excluding carboxylic acids is 1. The average molecular weight is 303 g/mol. The highest BCUT2D eigenvalue weighted by Crippen LogP contribution is 2.44. The molecule has 0 radical (unpaired) electrons. The van der Waals surface area contributed by atoms with Crippen molar-refractivity contribution in [2.45, 2.75) is 25.8 Å². The molecular formula is C16H21N3O3. The molecule has 1 saturated carbocycles. The molecule has 1 amide bonds. The topological polar surface area (TPSA) is 84.2 Å². The van der Waals surface area contributed by atoms with Gasteiger partial charge >= 0.3 is 5.97 Å². The number of nitrogens with one attached hydrogen (secondary N) is 1. The largest absolute Gasteiger partial charge is 0.481 e. The summed E-state index contributed by atoms with van der Waals surface area (Å²) in [7, 11) is 0. The van der Waals surface area contributed by atoms with E-state index in [2.05, 4.69) is 10.3 Å². The van der Waals surface area contributed by atoms with Gasteiger partial charge in [-0.1, -0.05) is 12.2 Å². The van der Waals surface area contributed by atoms with Crippen molar-refractivity contribution in [3.05, 3.63) is 30.9 Å². The molecule has 3 aliphatic carbocycles. The molecule has 4 rings (SSSR count). The third-order valence-corrected chi connectivity index (χ3v) is 4.79. The quantitative estimate of drug-likeness (QED) is 0.613. The minimum atomic E-state index is -0.849. The van der Waals surface area contributed by atoms with Crippen molar-refractivity contribution in [3.63, 3.8) is 0 Å². The van der Waals surface area contributed by atoms with Crippen molar-refractivity contribution in [1.82, 2.24) is 14.9 Å². The lowest BCUT2D eigenvalue weighted by Crippen LogP contribution is -2.49.